The van der Waals surface area contributed by atoms with Gasteiger partial charge in [0.25, 0.3) is 0 Å². The molecule has 0 aliphatic heterocycles. The van der Waals surface area contributed by atoms with E-state index in [1.807, 2.05) is 48.5 Å². The van der Waals surface area contributed by atoms with E-state index in [4.69, 9.17) is 23.2 Å². The van der Waals surface area contributed by atoms with Gasteiger partial charge < -0.3 is 0 Å². The average Bonchev–Trinajstić information content (AvgIpc) is 3.81. The molecule has 2 nitrogen and oxygen atoms in total. The van der Waals surface area contributed by atoms with E-state index in [0.717, 1.165) is 93.7 Å². The highest BCUT2D eigenvalue weighted by Gasteiger charge is 2.25. The first kappa shape index (κ1) is 32.3. The van der Waals surface area contributed by atoms with Crippen LogP contribution in [0.2, 0.25) is 10.0 Å². The van der Waals surface area contributed by atoms with Crippen molar-refractivity contribution in [3.8, 4) is 41.8 Å². The second kappa shape index (κ2) is 14.4. The number of halogens is 4. The summed E-state index contributed by atoms with van der Waals surface area (Å²) in [6.07, 6.45) is 8.41. The Bertz CT molecular complexity index is 1820. The first-order valence-electron chi connectivity index (χ1n) is 15.3. The fraction of sp³-hybridized carbons (Fsp3) is 0.278. The molecule has 6 aromatic rings. The SMILES string of the molecule is CCCCCc1ccc(-c2ccc(-c3c(Cl)c(Cl)c(-c4ccc(-c5ccc(CCCCC)cc5F)s4)c4nsnc34)s2)c(F)c1. The fourth-order valence-corrected chi connectivity index (χ4v) is 9.03. The Labute approximate surface area is 285 Å². The van der Waals surface area contributed by atoms with Gasteiger partial charge in [0.15, 0.2) is 0 Å². The van der Waals surface area contributed by atoms with Gasteiger partial charge in [0, 0.05) is 41.8 Å². The van der Waals surface area contributed by atoms with Crippen molar-refractivity contribution in [2.45, 2.75) is 65.2 Å². The smallest absolute Gasteiger partial charge is 0.132 e. The van der Waals surface area contributed by atoms with Crippen molar-refractivity contribution in [2.24, 2.45) is 0 Å². The molecule has 0 radical (unpaired) electrons. The lowest BCUT2D eigenvalue weighted by Crippen LogP contribution is -1.89. The first-order chi connectivity index (χ1) is 21.9. The number of hydrogen-bond donors (Lipinski definition) is 0. The third kappa shape index (κ3) is 6.75. The molecular formula is C36H32Cl2F2N2S3. The van der Waals surface area contributed by atoms with Crippen molar-refractivity contribution in [1.82, 2.24) is 8.75 Å². The van der Waals surface area contributed by atoms with Crippen LogP contribution in [0.5, 0.6) is 0 Å². The fourth-order valence-electron chi connectivity index (χ4n) is 5.61. The van der Waals surface area contributed by atoms with E-state index in [1.165, 1.54) is 22.7 Å². The number of hydrogen-bond acceptors (Lipinski definition) is 5. The quantitative estimate of drug-likeness (QED) is 0.119. The summed E-state index contributed by atoms with van der Waals surface area (Å²) in [5, 5.41) is 0.731. The van der Waals surface area contributed by atoms with Crippen molar-refractivity contribution in [1.29, 1.82) is 0 Å². The van der Waals surface area contributed by atoms with Crippen molar-refractivity contribution >= 4 is 68.6 Å². The summed E-state index contributed by atoms with van der Waals surface area (Å²) in [6.45, 7) is 4.33. The summed E-state index contributed by atoms with van der Waals surface area (Å²) in [5.74, 6) is -0.457. The second-order valence-electron chi connectivity index (χ2n) is 11.2. The van der Waals surface area contributed by atoms with Crippen LogP contribution in [0.25, 0.3) is 52.8 Å². The van der Waals surface area contributed by atoms with Crippen LogP contribution in [0, 0.1) is 11.6 Å². The van der Waals surface area contributed by atoms with Gasteiger partial charge in [0.1, 0.15) is 22.7 Å². The summed E-state index contributed by atoms with van der Waals surface area (Å²) < 4.78 is 39.6. The van der Waals surface area contributed by atoms with Gasteiger partial charge >= 0.3 is 0 Å². The van der Waals surface area contributed by atoms with Crippen LogP contribution in [-0.4, -0.2) is 8.75 Å². The van der Waals surface area contributed by atoms with Crippen molar-refractivity contribution in [2.75, 3.05) is 0 Å². The van der Waals surface area contributed by atoms with Gasteiger partial charge in [-0.1, -0.05) is 87.0 Å². The second-order valence-corrected chi connectivity index (χ2v) is 14.7. The molecule has 0 saturated carbocycles. The van der Waals surface area contributed by atoms with E-state index in [9.17, 15) is 0 Å². The van der Waals surface area contributed by atoms with E-state index in [1.54, 1.807) is 12.1 Å². The Hall–Kier alpha value is -2.68. The minimum atomic E-state index is -0.228. The summed E-state index contributed by atoms with van der Waals surface area (Å²) in [7, 11) is 0. The monoisotopic (exact) mass is 696 g/mol. The van der Waals surface area contributed by atoms with Crippen LogP contribution in [0.3, 0.4) is 0 Å². The Balaban J connectivity index is 1.32. The molecule has 232 valence electrons. The van der Waals surface area contributed by atoms with Gasteiger partial charge in [-0.25, -0.2) is 8.78 Å². The van der Waals surface area contributed by atoms with E-state index in [0.29, 0.717) is 43.3 Å². The van der Waals surface area contributed by atoms with Crippen molar-refractivity contribution < 1.29 is 8.78 Å². The zero-order chi connectivity index (χ0) is 31.5. The predicted octanol–water partition coefficient (Wildman–Crippen LogP) is 13.5. The summed E-state index contributed by atoms with van der Waals surface area (Å²) in [5.41, 5.74) is 5.80. The van der Waals surface area contributed by atoms with Crippen LogP contribution in [0.1, 0.15) is 63.5 Å². The van der Waals surface area contributed by atoms with E-state index in [-0.39, 0.29) is 11.6 Å². The average molecular weight is 698 g/mol. The van der Waals surface area contributed by atoms with Crippen LogP contribution in [0.4, 0.5) is 8.78 Å². The van der Waals surface area contributed by atoms with Gasteiger partial charge in [-0.2, -0.15) is 8.75 Å². The van der Waals surface area contributed by atoms with Gasteiger partial charge in [-0.05, 0) is 73.2 Å². The standard InChI is InChI=1S/C36H32Cl2F2N2S3/c1-3-5-7-9-21-11-13-23(25(39)19-21)27-15-17-29(43-27)31-33(37)34(38)32(36-35(31)41-45-42-36)30-18-16-28(44-30)24-14-12-22(20-26(24)40)10-8-6-4-2/h11-20H,3-10H2,1-2H3. The molecule has 0 amide bonds. The zero-order valence-electron chi connectivity index (χ0n) is 25.1. The van der Waals surface area contributed by atoms with Crippen molar-refractivity contribution in [3.63, 3.8) is 0 Å². The van der Waals surface area contributed by atoms with Gasteiger partial charge in [0.2, 0.25) is 0 Å². The Morgan fingerprint density at radius 2 is 1.00 bits per heavy atom. The maximum absolute atomic E-state index is 15.2. The molecule has 0 fully saturated rings. The largest absolute Gasteiger partial charge is 0.206 e. The number of nitrogens with zero attached hydrogens (tertiary/aromatic N) is 2. The minimum absolute atomic E-state index is 0.228. The molecule has 0 N–H and O–H groups in total. The highest BCUT2D eigenvalue weighted by molar-refractivity contribution is 7.19. The number of fused-ring (bicyclic) bond motifs is 1. The van der Waals surface area contributed by atoms with E-state index >= 15 is 8.78 Å². The molecule has 6 rings (SSSR count). The third-order valence-corrected chi connectivity index (χ3v) is 11.7. The summed E-state index contributed by atoms with van der Waals surface area (Å²) in [4.78, 5) is 3.27. The van der Waals surface area contributed by atoms with Gasteiger partial charge in [-0.15, -0.1) is 22.7 Å². The lowest BCUT2D eigenvalue weighted by Gasteiger charge is -2.10. The molecule has 0 spiro atoms. The Morgan fingerprint density at radius 1 is 0.578 bits per heavy atom. The zero-order valence-corrected chi connectivity index (χ0v) is 29.0. The first-order valence-corrected chi connectivity index (χ1v) is 18.4. The maximum Gasteiger partial charge on any atom is 0.132 e. The lowest BCUT2D eigenvalue weighted by atomic mass is 10.0. The number of aromatic nitrogens is 2. The molecular weight excluding hydrogens is 666 g/mol. The Kier molecular flexibility index (Phi) is 10.3. The molecule has 0 atom stereocenters. The highest BCUT2D eigenvalue weighted by atomic mass is 35.5. The number of thiophene rings is 2. The molecule has 0 bridgehead atoms. The van der Waals surface area contributed by atoms with Gasteiger partial charge in [0.05, 0.1) is 21.8 Å². The van der Waals surface area contributed by atoms with E-state index in [2.05, 4.69) is 22.6 Å². The van der Waals surface area contributed by atoms with Crippen LogP contribution >= 0.6 is 57.6 Å². The molecule has 3 aromatic heterocycles. The summed E-state index contributed by atoms with van der Waals surface area (Å²) in [6, 6.07) is 18.7. The summed E-state index contributed by atoms with van der Waals surface area (Å²) >= 11 is 18.0. The number of rotatable bonds is 12. The third-order valence-electron chi connectivity index (χ3n) is 8.03. The van der Waals surface area contributed by atoms with E-state index < -0.39 is 0 Å². The maximum atomic E-state index is 15.2. The normalized spacial score (nSPS) is 11.6. The number of aryl methyl sites for hydroxylation is 2. The topological polar surface area (TPSA) is 25.8 Å². The van der Waals surface area contributed by atoms with Crippen LogP contribution < -0.4 is 0 Å². The minimum Gasteiger partial charge on any atom is -0.206 e. The predicted molar refractivity (Wildman–Crippen MR) is 191 cm³/mol. The van der Waals surface area contributed by atoms with Crippen LogP contribution in [-0.2, 0) is 12.8 Å². The molecule has 45 heavy (non-hydrogen) atoms. The highest BCUT2D eigenvalue weighted by Crippen LogP contribution is 2.50. The molecule has 0 aliphatic carbocycles. The van der Waals surface area contributed by atoms with Crippen LogP contribution in [0.15, 0.2) is 60.7 Å². The molecule has 3 aromatic carbocycles. The Morgan fingerprint density at radius 3 is 1.40 bits per heavy atom. The molecule has 9 heteroatoms. The lowest BCUT2D eigenvalue weighted by molar-refractivity contribution is 0.626. The number of benzene rings is 3. The van der Waals surface area contributed by atoms with Gasteiger partial charge in [-0.3, -0.25) is 0 Å². The molecule has 0 unspecified atom stereocenters. The number of unbranched alkanes of at least 4 members (excludes halogenated alkanes) is 4. The molecule has 0 saturated heterocycles. The molecule has 3 heterocycles. The van der Waals surface area contributed by atoms with Crippen molar-refractivity contribution in [3.05, 3.63) is 93.5 Å². The molecule has 0 aliphatic rings.